The summed E-state index contributed by atoms with van der Waals surface area (Å²) in [4.78, 5) is 2.13. The van der Waals surface area contributed by atoms with E-state index in [-0.39, 0.29) is 5.82 Å². The highest BCUT2D eigenvalue weighted by molar-refractivity contribution is 6.31. The van der Waals surface area contributed by atoms with Crippen molar-refractivity contribution >= 4 is 11.6 Å². The van der Waals surface area contributed by atoms with Crippen molar-refractivity contribution in [3.8, 4) is 0 Å². The molecule has 0 aromatic heterocycles. The van der Waals surface area contributed by atoms with Gasteiger partial charge >= 0.3 is 0 Å². The predicted octanol–water partition coefficient (Wildman–Crippen LogP) is 2.13. The molecule has 0 atom stereocenters. The fourth-order valence-electron chi connectivity index (χ4n) is 1.32. The molecule has 0 bridgehead atoms. The maximum Gasteiger partial charge on any atom is 0.124 e. The molecule has 0 radical (unpaired) electrons. The van der Waals surface area contributed by atoms with E-state index in [1.165, 1.54) is 12.1 Å². The molecular weight excluding hydrogens is 215 g/mol. The van der Waals surface area contributed by atoms with E-state index >= 15 is 0 Å². The van der Waals surface area contributed by atoms with E-state index in [0.717, 1.165) is 25.2 Å². The summed E-state index contributed by atoms with van der Waals surface area (Å²) in [6.07, 6.45) is 0. The molecule has 2 nitrogen and oxygen atoms in total. The Morgan fingerprint density at radius 3 is 2.80 bits per heavy atom. The van der Waals surface area contributed by atoms with Gasteiger partial charge in [0.1, 0.15) is 5.82 Å². The van der Waals surface area contributed by atoms with Crippen LogP contribution >= 0.6 is 11.6 Å². The Labute approximate surface area is 95.0 Å². The lowest BCUT2D eigenvalue weighted by molar-refractivity contribution is 0.328. The molecule has 0 heterocycles. The summed E-state index contributed by atoms with van der Waals surface area (Å²) in [6.45, 7) is 2.60. The zero-order valence-electron chi connectivity index (χ0n) is 9.06. The Hall–Kier alpha value is -0.640. The molecule has 84 valence electrons. The Balaban J connectivity index is 2.56. The molecule has 0 amide bonds. The molecule has 0 saturated heterocycles. The third-order valence-electron chi connectivity index (χ3n) is 2.20. The van der Waals surface area contributed by atoms with Gasteiger partial charge in [-0.1, -0.05) is 17.7 Å². The second-order valence-electron chi connectivity index (χ2n) is 3.58. The van der Waals surface area contributed by atoms with E-state index in [4.69, 9.17) is 11.6 Å². The molecule has 0 fully saturated rings. The Bertz CT molecular complexity index is 317. The summed E-state index contributed by atoms with van der Waals surface area (Å²) < 4.78 is 12.8. The number of halogens is 2. The lowest BCUT2D eigenvalue weighted by Gasteiger charge is -2.17. The molecule has 0 aliphatic rings. The summed E-state index contributed by atoms with van der Waals surface area (Å²) >= 11 is 5.93. The summed E-state index contributed by atoms with van der Waals surface area (Å²) in [5, 5.41) is 3.57. The summed E-state index contributed by atoms with van der Waals surface area (Å²) in [5.41, 5.74) is 0.955. The SMILES string of the molecule is CNCCN(C)Cc1ccc(F)cc1Cl. The molecule has 15 heavy (non-hydrogen) atoms. The van der Waals surface area contributed by atoms with E-state index in [2.05, 4.69) is 10.2 Å². The molecular formula is C11H16ClFN2. The molecule has 0 aliphatic heterocycles. The van der Waals surface area contributed by atoms with Gasteiger partial charge in [-0.25, -0.2) is 4.39 Å². The van der Waals surface area contributed by atoms with Gasteiger partial charge in [0.15, 0.2) is 0 Å². The average molecular weight is 231 g/mol. The third-order valence-corrected chi connectivity index (χ3v) is 2.55. The largest absolute Gasteiger partial charge is 0.318 e. The van der Waals surface area contributed by atoms with E-state index in [9.17, 15) is 4.39 Å². The van der Waals surface area contributed by atoms with Gasteiger partial charge in [-0.05, 0) is 31.8 Å². The lowest BCUT2D eigenvalue weighted by Crippen LogP contribution is -2.27. The maximum absolute atomic E-state index is 12.8. The first kappa shape index (κ1) is 12.4. The van der Waals surface area contributed by atoms with Gasteiger partial charge in [-0.15, -0.1) is 0 Å². The van der Waals surface area contributed by atoms with Gasteiger partial charge in [-0.3, -0.25) is 0 Å². The third kappa shape index (κ3) is 4.16. The Morgan fingerprint density at radius 2 is 2.20 bits per heavy atom. The monoisotopic (exact) mass is 230 g/mol. The zero-order chi connectivity index (χ0) is 11.3. The lowest BCUT2D eigenvalue weighted by atomic mass is 10.2. The van der Waals surface area contributed by atoms with Crippen molar-refractivity contribution in [2.24, 2.45) is 0 Å². The Kier molecular flexibility index (Phi) is 5.02. The van der Waals surface area contributed by atoms with Crippen LogP contribution in [0, 0.1) is 5.82 Å². The van der Waals surface area contributed by atoms with Crippen LogP contribution in [0.4, 0.5) is 4.39 Å². The van der Waals surface area contributed by atoms with E-state index in [1.807, 2.05) is 14.1 Å². The van der Waals surface area contributed by atoms with Crippen LogP contribution in [0.3, 0.4) is 0 Å². The minimum Gasteiger partial charge on any atom is -0.318 e. The zero-order valence-corrected chi connectivity index (χ0v) is 9.81. The summed E-state index contributed by atoms with van der Waals surface area (Å²) in [7, 11) is 3.93. The van der Waals surface area contributed by atoms with Crippen molar-refractivity contribution in [3.05, 3.63) is 34.6 Å². The number of hydrogen-bond donors (Lipinski definition) is 1. The van der Waals surface area contributed by atoms with Crippen LogP contribution in [0.5, 0.6) is 0 Å². The van der Waals surface area contributed by atoms with Crippen molar-refractivity contribution in [1.29, 1.82) is 0 Å². The number of nitrogens with zero attached hydrogens (tertiary/aromatic N) is 1. The molecule has 1 rings (SSSR count). The van der Waals surface area contributed by atoms with Crippen LogP contribution in [0.1, 0.15) is 5.56 Å². The standard InChI is InChI=1S/C11H16ClFN2/c1-14-5-6-15(2)8-9-3-4-10(13)7-11(9)12/h3-4,7,14H,5-6,8H2,1-2H3. The van der Waals surface area contributed by atoms with E-state index < -0.39 is 0 Å². The Morgan fingerprint density at radius 1 is 1.47 bits per heavy atom. The highest BCUT2D eigenvalue weighted by Gasteiger charge is 2.04. The number of hydrogen-bond acceptors (Lipinski definition) is 2. The molecule has 1 N–H and O–H groups in total. The first-order valence-electron chi connectivity index (χ1n) is 4.90. The van der Waals surface area contributed by atoms with Crippen LogP contribution in [0.2, 0.25) is 5.02 Å². The van der Waals surface area contributed by atoms with E-state index in [1.54, 1.807) is 6.07 Å². The highest BCUT2D eigenvalue weighted by atomic mass is 35.5. The van der Waals surface area contributed by atoms with Crippen LogP contribution in [0.15, 0.2) is 18.2 Å². The van der Waals surface area contributed by atoms with Gasteiger partial charge in [0.05, 0.1) is 0 Å². The van der Waals surface area contributed by atoms with Crippen LogP contribution in [-0.2, 0) is 6.54 Å². The minimum atomic E-state index is -0.290. The first-order valence-corrected chi connectivity index (χ1v) is 5.28. The van der Waals surface area contributed by atoms with Gasteiger partial charge in [0.2, 0.25) is 0 Å². The quantitative estimate of drug-likeness (QED) is 0.834. The molecule has 0 spiro atoms. The topological polar surface area (TPSA) is 15.3 Å². The van der Waals surface area contributed by atoms with Crippen molar-refractivity contribution in [2.45, 2.75) is 6.54 Å². The van der Waals surface area contributed by atoms with Crippen LogP contribution in [0.25, 0.3) is 0 Å². The first-order chi connectivity index (χ1) is 7.13. The normalized spacial score (nSPS) is 11.0. The smallest absolute Gasteiger partial charge is 0.124 e. The van der Waals surface area contributed by atoms with Gasteiger partial charge in [0, 0.05) is 24.7 Å². The van der Waals surface area contributed by atoms with Crippen molar-refractivity contribution in [3.63, 3.8) is 0 Å². The predicted molar refractivity (Wildman–Crippen MR) is 61.7 cm³/mol. The summed E-state index contributed by atoms with van der Waals surface area (Å²) in [5.74, 6) is -0.290. The molecule has 0 saturated carbocycles. The highest BCUT2D eigenvalue weighted by Crippen LogP contribution is 2.18. The molecule has 0 aliphatic carbocycles. The number of nitrogens with one attached hydrogen (secondary N) is 1. The fourth-order valence-corrected chi connectivity index (χ4v) is 1.55. The van der Waals surface area contributed by atoms with Crippen LogP contribution in [-0.4, -0.2) is 32.1 Å². The second-order valence-corrected chi connectivity index (χ2v) is 3.98. The van der Waals surface area contributed by atoms with Gasteiger partial charge in [-0.2, -0.15) is 0 Å². The van der Waals surface area contributed by atoms with Crippen molar-refractivity contribution in [1.82, 2.24) is 10.2 Å². The second kappa shape index (κ2) is 6.05. The fraction of sp³-hybridized carbons (Fsp3) is 0.455. The molecule has 1 aromatic rings. The number of benzene rings is 1. The minimum absolute atomic E-state index is 0.290. The number of rotatable bonds is 5. The van der Waals surface area contributed by atoms with E-state index in [0.29, 0.717) is 5.02 Å². The van der Waals surface area contributed by atoms with Crippen LogP contribution < -0.4 is 5.32 Å². The van der Waals surface area contributed by atoms with Crippen molar-refractivity contribution < 1.29 is 4.39 Å². The summed E-state index contributed by atoms with van der Waals surface area (Å²) in [6, 6.07) is 4.52. The number of likely N-dealkylation sites (N-methyl/N-ethyl adjacent to an activating group) is 2. The molecule has 0 unspecified atom stereocenters. The molecule has 1 aromatic carbocycles. The van der Waals surface area contributed by atoms with Gasteiger partial charge in [0.25, 0.3) is 0 Å². The average Bonchev–Trinajstić information content (AvgIpc) is 2.19. The molecule has 4 heteroatoms. The van der Waals surface area contributed by atoms with Crippen molar-refractivity contribution in [2.75, 3.05) is 27.2 Å². The van der Waals surface area contributed by atoms with Gasteiger partial charge < -0.3 is 10.2 Å². The maximum atomic E-state index is 12.8.